The van der Waals surface area contributed by atoms with Crippen molar-refractivity contribution in [2.75, 3.05) is 0 Å². The summed E-state index contributed by atoms with van der Waals surface area (Å²) in [5, 5.41) is 1.74. The molecular formula is C10H7ClN. The number of hydrogen-bond donors (Lipinski definition) is 0. The van der Waals surface area contributed by atoms with Crippen LogP contribution in [0.15, 0.2) is 24.4 Å². The van der Waals surface area contributed by atoms with E-state index in [9.17, 15) is 0 Å². The van der Waals surface area contributed by atoms with E-state index in [0.717, 1.165) is 16.5 Å². The van der Waals surface area contributed by atoms with E-state index < -0.39 is 0 Å². The van der Waals surface area contributed by atoms with Crippen LogP contribution in [0, 0.1) is 13.0 Å². The van der Waals surface area contributed by atoms with Crippen LogP contribution in [-0.2, 0) is 0 Å². The lowest BCUT2D eigenvalue weighted by molar-refractivity contribution is 1.39. The van der Waals surface area contributed by atoms with Crippen LogP contribution in [0.4, 0.5) is 0 Å². The molecule has 0 N–H and O–H groups in total. The fourth-order valence-corrected chi connectivity index (χ4v) is 1.28. The van der Waals surface area contributed by atoms with E-state index in [-0.39, 0.29) is 0 Å². The molecule has 2 aromatic rings. The van der Waals surface area contributed by atoms with Gasteiger partial charge in [-0.1, -0.05) is 17.7 Å². The van der Waals surface area contributed by atoms with Crippen molar-refractivity contribution in [2.24, 2.45) is 0 Å². The minimum atomic E-state index is 0.654. The molecular weight excluding hydrogens is 170 g/mol. The lowest BCUT2D eigenvalue weighted by Gasteiger charge is -1.99. The summed E-state index contributed by atoms with van der Waals surface area (Å²) in [6, 6.07) is 8.94. The molecule has 0 atom stereocenters. The Balaban J connectivity index is 2.84. The van der Waals surface area contributed by atoms with Crippen LogP contribution in [0.2, 0.25) is 5.02 Å². The minimum absolute atomic E-state index is 0.654. The zero-order valence-corrected chi connectivity index (χ0v) is 7.39. The summed E-state index contributed by atoms with van der Waals surface area (Å²) in [6.07, 6.45) is 1.74. The number of fused-ring (bicyclic) bond motifs is 1. The molecule has 1 aromatic heterocycles. The van der Waals surface area contributed by atoms with E-state index in [2.05, 4.69) is 11.1 Å². The van der Waals surface area contributed by atoms with Crippen LogP contribution in [0.5, 0.6) is 0 Å². The van der Waals surface area contributed by atoms with E-state index in [4.69, 9.17) is 11.6 Å². The molecule has 12 heavy (non-hydrogen) atoms. The molecule has 1 heterocycles. The number of pyridine rings is 1. The number of halogens is 1. The van der Waals surface area contributed by atoms with Gasteiger partial charge in [0.15, 0.2) is 0 Å². The largest absolute Gasteiger partial charge is 0.256 e. The highest BCUT2D eigenvalue weighted by atomic mass is 35.5. The first-order valence-corrected chi connectivity index (χ1v) is 4.08. The van der Waals surface area contributed by atoms with E-state index in [0.29, 0.717) is 5.02 Å². The summed E-state index contributed by atoms with van der Waals surface area (Å²) in [6.45, 7) is 1.96. The summed E-state index contributed by atoms with van der Waals surface area (Å²) in [7, 11) is 0. The molecule has 0 unspecified atom stereocenters. The summed E-state index contributed by atoms with van der Waals surface area (Å²) in [4.78, 5) is 4.14. The van der Waals surface area contributed by atoms with Gasteiger partial charge in [0.05, 0.1) is 10.5 Å². The summed E-state index contributed by atoms with van der Waals surface area (Å²) < 4.78 is 0. The fraction of sp³-hybridized carbons (Fsp3) is 0.100. The minimum Gasteiger partial charge on any atom is -0.256 e. The van der Waals surface area contributed by atoms with Crippen LogP contribution < -0.4 is 0 Å². The van der Waals surface area contributed by atoms with Gasteiger partial charge in [-0.15, -0.1) is 0 Å². The fourth-order valence-electron chi connectivity index (χ4n) is 1.14. The van der Waals surface area contributed by atoms with Crippen LogP contribution in [0.1, 0.15) is 5.56 Å². The second kappa shape index (κ2) is 2.76. The van der Waals surface area contributed by atoms with Crippen molar-refractivity contribution < 1.29 is 0 Å². The quantitative estimate of drug-likeness (QED) is 0.602. The van der Waals surface area contributed by atoms with Crippen molar-refractivity contribution in [1.82, 2.24) is 4.98 Å². The maximum Gasteiger partial charge on any atom is 0.0796 e. The van der Waals surface area contributed by atoms with Crippen molar-refractivity contribution in [3.05, 3.63) is 41.0 Å². The lowest BCUT2D eigenvalue weighted by Crippen LogP contribution is -1.80. The molecule has 0 fully saturated rings. The SMILES string of the molecule is Cc1cc2cccnc2[c]c1Cl. The monoisotopic (exact) mass is 176 g/mol. The van der Waals surface area contributed by atoms with Crippen molar-refractivity contribution in [3.63, 3.8) is 0 Å². The van der Waals surface area contributed by atoms with Gasteiger partial charge in [0.1, 0.15) is 0 Å². The van der Waals surface area contributed by atoms with E-state index in [1.165, 1.54) is 0 Å². The van der Waals surface area contributed by atoms with E-state index >= 15 is 0 Å². The maximum absolute atomic E-state index is 5.89. The Bertz CT molecular complexity index is 383. The van der Waals surface area contributed by atoms with Gasteiger partial charge < -0.3 is 0 Å². The van der Waals surface area contributed by atoms with E-state index in [1.54, 1.807) is 6.20 Å². The Kier molecular flexibility index (Phi) is 1.74. The molecule has 0 aliphatic rings. The van der Waals surface area contributed by atoms with Crippen molar-refractivity contribution >= 4 is 22.5 Å². The molecule has 59 valence electrons. The standard InChI is InChI=1S/C10H7ClN/c1-7-5-8-3-2-4-12-10(8)6-9(7)11/h2-5H,1H3. The third kappa shape index (κ3) is 1.16. The first kappa shape index (κ1) is 7.56. The number of nitrogens with zero attached hydrogens (tertiary/aromatic N) is 1. The van der Waals surface area contributed by atoms with Gasteiger partial charge in [0.2, 0.25) is 0 Å². The van der Waals surface area contributed by atoms with Gasteiger partial charge in [0, 0.05) is 17.6 Å². The van der Waals surface area contributed by atoms with Gasteiger partial charge in [-0.3, -0.25) is 4.98 Å². The van der Waals surface area contributed by atoms with Gasteiger partial charge >= 0.3 is 0 Å². The van der Waals surface area contributed by atoms with Crippen LogP contribution in [-0.4, -0.2) is 4.98 Å². The zero-order valence-electron chi connectivity index (χ0n) is 6.63. The average Bonchev–Trinajstić information content (AvgIpc) is 2.07. The Labute approximate surface area is 76.0 Å². The Morgan fingerprint density at radius 1 is 1.50 bits per heavy atom. The number of hydrogen-bond acceptors (Lipinski definition) is 1. The predicted molar refractivity (Wildman–Crippen MR) is 50.3 cm³/mol. The van der Waals surface area contributed by atoms with E-state index in [1.807, 2.05) is 25.1 Å². The molecule has 1 aromatic carbocycles. The van der Waals surface area contributed by atoms with Gasteiger partial charge in [-0.25, -0.2) is 0 Å². The second-order valence-corrected chi connectivity index (χ2v) is 3.09. The summed E-state index contributed by atoms with van der Waals surface area (Å²) in [5.41, 5.74) is 1.87. The third-order valence-corrected chi connectivity index (χ3v) is 2.18. The lowest BCUT2D eigenvalue weighted by atomic mass is 10.1. The third-order valence-electron chi connectivity index (χ3n) is 1.79. The Morgan fingerprint density at radius 3 is 3.17 bits per heavy atom. The molecule has 0 saturated carbocycles. The molecule has 0 aliphatic carbocycles. The number of rotatable bonds is 0. The molecule has 1 nitrogen and oxygen atoms in total. The predicted octanol–water partition coefficient (Wildman–Crippen LogP) is 3.00. The molecule has 0 bridgehead atoms. The molecule has 1 radical (unpaired) electrons. The first-order chi connectivity index (χ1) is 5.77. The molecule has 0 amide bonds. The van der Waals surface area contributed by atoms with Gasteiger partial charge in [0.25, 0.3) is 0 Å². The average molecular weight is 177 g/mol. The van der Waals surface area contributed by atoms with Crippen LogP contribution in [0.25, 0.3) is 10.9 Å². The highest BCUT2D eigenvalue weighted by molar-refractivity contribution is 6.31. The zero-order chi connectivity index (χ0) is 8.55. The van der Waals surface area contributed by atoms with Crippen molar-refractivity contribution in [1.29, 1.82) is 0 Å². The Hall–Kier alpha value is -1.08. The number of benzene rings is 1. The summed E-state index contributed by atoms with van der Waals surface area (Å²) >= 11 is 5.89. The Morgan fingerprint density at radius 2 is 2.33 bits per heavy atom. The summed E-state index contributed by atoms with van der Waals surface area (Å²) in [5.74, 6) is 0. The molecule has 0 aliphatic heterocycles. The van der Waals surface area contributed by atoms with Crippen LogP contribution in [0.3, 0.4) is 0 Å². The molecule has 2 heteroatoms. The molecule has 0 saturated heterocycles. The smallest absolute Gasteiger partial charge is 0.0796 e. The maximum atomic E-state index is 5.89. The normalized spacial score (nSPS) is 10.5. The number of aryl methyl sites for hydroxylation is 1. The highest BCUT2D eigenvalue weighted by Crippen LogP contribution is 2.20. The number of aromatic nitrogens is 1. The van der Waals surface area contributed by atoms with Crippen molar-refractivity contribution in [3.8, 4) is 0 Å². The topological polar surface area (TPSA) is 12.9 Å². The van der Waals surface area contributed by atoms with Gasteiger partial charge in [-0.2, -0.15) is 0 Å². The highest BCUT2D eigenvalue weighted by Gasteiger charge is 1.98. The first-order valence-electron chi connectivity index (χ1n) is 3.70. The second-order valence-electron chi connectivity index (χ2n) is 2.71. The van der Waals surface area contributed by atoms with Crippen LogP contribution >= 0.6 is 11.6 Å². The molecule has 0 spiro atoms. The van der Waals surface area contributed by atoms with Crippen molar-refractivity contribution in [2.45, 2.75) is 6.92 Å². The van der Waals surface area contributed by atoms with Gasteiger partial charge in [-0.05, 0) is 24.6 Å². The molecule has 2 rings (SSSR count).